The van der Waals surface area contributed by atoms with Gasteiger partial charge in [-0.25, -0.2) is 4.79 Å². The van der Waals surface area contributed by atoms with Crippen LogP contribution in [0.1, 0.15) is 122 Å². The van der Waals surface area contributed by atoms with Crippen LogP contribution in [-0.2, 0) is 52.5 Å². The molecule has 59 heavy (non-hydrogen) atoms. The van der Waals surface area contributed by atoms with E-state index in [0.717, 1.165) is 51.4 Å². The van der Waals surface area contributed by atoms with E-state index in [4.69, 9.17) is 34.4 Å². The average Bonchev–Trinajstić information content (AvgIpc) is 3.19. The molecule has 2 unspecified atom stereocenters. The first-order valence-electron chi connectivity index (χ1n) is 20.9. The summed E-state index contributed by atoms with van der Waals surface area (Å²) in [4.78, 5) is 81.0. The number of carbonyl (C=O) groups excluding carboxylic acids is 4. The SMILES string of the molecule is O=C(O)CCCCCCCCCCCCCCC(=O)NC(CCC(=O)NCCOCCOCC(=O)NCCOCCOCC(=O)NCCCCC(NO)C(=O)O)C(=O)O. The maximum Gasteiger partial charge on any atom is 0.326 e. The molecule has 0 fully saturated rings. The molecule has 0 aromatic rings. The summed E-state index contributed by atoms with van der Waals surface area (Å²) in [5.41, 5.74) is 1.72. The number of rotatable bonds is 43. The number of unbranched alkanes of at least 4 members (excludes halogenated alkanes) is 12. The van der Waals surface area contributed by atoms with E-state index in [2.05, 4.69) is 21.3 Å². The Balaban J connectivity index is 3.66. The van der Waals surface area contributed by atoms with Crippen molar-refractivity contribution in [2.75, 3.05) is 72.5 Å². The first-order chi connectivity index (χ1) is 28.5. The van der Waals surface area contributed by atoms with Crippen molar-refractivity contribution < 1.29 is 73.0 Å². The summed E-state index contributed by atoms with van der Waals surface area (Å²) >= 11 is 0. The van der Waals surface area contributed by atoms with Gasteiger partial charge in [0, 0.05) is 38.9 Å². The van der Waals surface area contributed by atoms with E-state index in [1.807, 2.05) is 0 Å². The maximum atomic E-state index is 12.3. The lowest BCUT2D eigenvalue weighted by Crippen LogP contribution is -2.41. The van der Waals surface area contributed by atoms with Crippen LogP contribution in [0.5, 0.6) is 0 Å². The van der Waals surface area contributed by atoms with Gasteiger partial charge in [0.1, 0.15) is 25.3 Å². The quantitative estimate of drug-likeness (QED) is 0.0313. The standard InChI is InChI=1S/C39H71N5O15/c45-33(19-18-31(38(51)52)43-34(46)16-11-9-7-5-3-1-2-4-6-8-10-12-17-37(49)50)41-21-23-56-25-28-59-30-36(48)42-22-24-57-26-27-58-29-35(47)40-20-14-13-15-32(44-55)39(53)54/h31-32,44,55H,1-30H2,(H,40,47)(H,41,45)(H,42,48)(H,43,46)(H,49,50)(H,51,52)(H,53,54). The van der Waals surface area contributed by atoms with Crippen LogP contribution in [0.3, 0.4) is 0 Å². The number of hydrogen-bond donors (Lipinski definition) is 9. The van der Waals surface area contributed by atoms with E-state index in [1.165, 1.54) is 19.3 Å². The highest BCUT2D eigenvalue weighted by Crippen LogP contribution is 2.13. The Morgan fingerprint density at radius 2 is 0.847 bits per heavy atom. The molecule has 2 atom stereocenters. The van der Waals surface area contributed by atoms with Crippen molar-refractivity contribution in [2.24, 2.45) is 0 Å². The lowest BCUT2D eigenvalue weighted by Gasteiger charge is -2.14. The van der Waals surface area contributed by atoms with Gasteiger partial charge in [-0.15, -0.1) is 0 Å². The van der Waals surface area contributed by atoms with Gasteiger partial charge in [0.15, 0.2) is 0 Å². The van der Waals surface area contributed by atoms with Crippen molar-refractivity contribution in [2.45, 2.75) is 134 Å². The largest absolute Gasteiger partial charge is 0.481 e. The van der Waals surface area contributed by atoms with Gasteiger partial charge in [-0.3, -0.25) is 28.8 Å². The summed E-state index contributed by atoms with van der Waals surface area (Å²) in [6.07, 6.45) is 13.9. The Morgan fingerprint density at radius 3 is 1.32 bits per heavy atom. The Morgan fingerprint density at radius 1 is 0.407 bits per heavy atom. The van der Waals surface area contributed by atoms with Crippen LogP contribution in [0, 0.1) is 0 Å². The number of carbonyl (C=O) groups is 7. The zero-order valence-corrected chi connectivity index (χ0v) is 34.6. The Hall–Kier alpha value is -3.95. The fourth-order valence-electron chi connectivity index (χ4n) is 5.56. The monoisotopic (exact) mass is 849 g/mol. The summed E-state index contributed by atoms with van der Waals surface area (Å²) in [7, 11) is 0. The van der Waals surface area contributed by atoms with Crippen molar-refractivity contribution in [1.29, 1.82) is 0 Å². The summed E-state index contributed by atoms with van der Waals surface area (Å²) in [5.74, 6) is -4.45. The molecular weight excluding hydrogens is 778 g/mol. The summed E-state index contributed by atoms with van der Waals surface area (Å²) in [5, 5.41) is 46.1. The lowest BCUT2D eigenvalue weighted by atomic mass is 10.0. The highest BCUT2D eigenvalue weighted by Gasteiger charge is 2.21. The lowest BCUT2D eigenvalue weighted by molar-refractivity contribution is -0.143. The topological polar surface area (TPSA) is 297 Å². The number of nitrogens with one attached hydrogen (secondary N) is 5. The van der Waals surface area contributed by atoms with Crippen molar-refractivity contribution in [3.05, 3.63) is 0 Å². The molecule has 9 N–H and O–H groups in total. The highest BCUT2D eigenvalue weighted by atomic mass is 16.5. The van der Waals surface area contributed by atoms with Crippen molar-refractivity contribution in [3.63, 3.8) is 0 Å². The second-order valence-electron chi connectivity index (χ2n) is 14.0. The molecule has 342 valence electrons. The van der Waals surface area contributed by atoms with Crippen LogP contribution in [0.4, 0.5) is 0 Å². The van der Waals surface area contributed by atoms with Gasteiger partial charge in [0.2, 0.25) is 23.6 Å². The second kappa shape index (κ2) is 39.5. The number of hydrogen-bond acceptors (Lipinski definition) is 13. The van der Waals surface area contributed by atoms with Gasteiger partial charge in [0.25, 0.3) is 0 Å². The first-order valence-corrected chi connectivity index (χ1v) is 20.9. The van der Waals surface area contributed by atoms with Crippen LogP contribution in [0.2, 0.25) is 0 Å². The summed E-state index contributed by atoms with van der Waals surface area (Å²) < 4.78 is 21.2. The predicted octanol–water partition coefficient (Wildman–Crippen LogP) is 1.90. The molecule has 20 nitrogen and oxygen atoms in total. The third-order valence-corrected chi connectivity index (χ3v) is 8.88. The molecule has 0 aliphatic rings. The molecule has 0 radical (unpaired) electrons. The van der Waals surface area contributed by atoms with E-state index >= 15 is 0 Å². The fraction of sp³-hybridized carbons (Fsp3) is 0.821. The van der Waals surface area contributed by atoms with E-state index in [1.54, 1.807) is 5.48 Å². The van der Waals surface area contributed by atoms with Gasteiger partial charge in [-0.2, -0.15) is 5.48 Å². The number of hydroxylamine groups is 1. The maximum absolute atomic E-state index is 12.3. The molecule has 4 amide bonds. The molecule has 0 spiro atoms. The molecular formula is C39H71N5O15. The average molecular weight is 850 g/mol. The van der Waals surface area contributed by atoms with Gasteiger partial charge < -0.3 is 60.7 Å². The van der Waals surface area contributed by atoms with Crippen molar-refractivity contribution in [1.82, 2.24) is 26.7 Å². The minimum absolute atomic E-state index is 0.0397. The molecule has 0 heterocycles. The second-order valence-corrected chi connectivity index (χ2v) is 14.0. The molecule has 0 bridgehead atoms. The van der Waals surface area contributed by atoms with Gasteiger partial charge in [-0.1, -0.05) is 64.2 Å². The minimum Gasteiger partial charge on any atom is -0.481 e. The van der Waals surface area contributed by atoms with Crippen LogP contribution < -0.4 is 26.7 Å². The van der Waals surface area contributed by atoms with Crippen LogP contribution in [-0.4, -0.2) is 147 Å². The third kappa shape index (κ3) is 38.0. The van der Waals surface area contributed by atoms with E-state index in [9.17, 15) is 38.7 Å². The summed E-state index contributed by atoms with van der Waals surface area (Å²) in [6, 6.07) is -2.19. The predicted molar refractivity (Wildman–Crippen MR) is 214 cm³/mol. The molecule has 0 saturated carbocycles. The Kier molecular flexibility index (Phi) is 36.9. The number of ether oxygens (including phenoxy) is 4. The molecule has 20 heteroatoms. The fourth-order valence-corrected chi connectivity index (χ4v) is 5.56. The first kappa shape index (κ1) is 55.0. The number of amides is 4. The molecule has 0 saturated heterocycles. The van der Waals surface area contributed by atoms with E-state index in [-0.39, 0.29) is 122 Å². The van der Waals surface area contributed by atoms with Gasteiger partial charge in [0.05, 0.1) is 39.6 Å². The van der Waals surface area contributed by atoms with Crippen molar-refractivity contribution in [3.8, 4) is 0 Å². The highest BCUT2D eigenvalue weighted by molar-refractivity contribution is 5.84. The van der Waals surface area contributed by atoms with E-state index in [0.29, 0.717) is 25.8 Å². The number of carboxylic acid groups (broad SMARTS) is 3. The third-order valence-electron chi connectivity index (χ3n) is 8.88. The van der Waals surface area contributed by atoms with Gasteiger partial charge >= 0.3 is 17.9 Å². The van der Waals surface area contributed by atoms with Crippen molar-refractivity contribution >= 4 is 41.5 Å². The van der Waals surface area contributed by atoms with Gasteiger partial charge in [-0.05, 0) is 38.5 Å². The minimum atomic E-state index is -1.20. The number of carboxylic acids is 3. The van der Waals surface area contributed by atoms with Crippen LogP contribution in [0.15, 0.2) is 0 Å². The van der Waals surface area contributed by atoms with Crippen LogP contribution in [0.25, 0.3) is 0 Å². The zero-order valence-electron chi connectivity index (χ0n) is 34.6. The molecule has 0 aliphatic heterocycles. The molecule has 0 aliphatic carbocycles. The zero-order chi connectivity index (χ0) is 43.8. The Labute approximate surface area is 347 Å². The normalized spacial score (nSPS) is 12.0. The summed E-state index contributed by atoms with van der Waals surface area (Å²) in [6.45, 7) is 1.60. The van der Waals surface area contributed by atoms with Crippen LogP contribution >= 0.6 is 0 Å². The van der Waals surface area contributed by atoms with E-state index < -0.39 is 30.0 Å². The number of aliphatic carboxylic acids is 3. The molecule has 0 rings (SSSR count). The Bertz CT molecular complexity index is 1160. The molecule has 0 aromatic carbocycles. The smallest absolute Gasteiger partial charge is 0.326 e. The molecule has 0 aromatic heterocycles.